The second-order valence-electron chi connectivity index (χ2n) is 2.68. The minimum Gasteiger partial charge on any atom is -0.387 e. The van der Waals surface area contributed by atoms with Crippen molar-refractivity contribution in [3.63, 3.8) is 0 Å². The van der Waals surface area contributed by atoms with E-state index in [2.05, 4.69) is 15.2 Å². The van der Waals surface area contributed by atoms with Crippen molar-refractivity contribution in [1.82, 2.24) is 10.2 Å². The molecule has 0 saturated heterocycles. The van der Waals surface area contributed by atoms with Crippen LogP contribution in [0.4, 0.5) is 0 Å². The molecule has 0 fully saturated rings. The fraction of sp³-hybridized carbons (Fsp3) is 0.500. The van der Waals surface area contributed by atoms with E-state index in [4.69, 9.17) is 5.73 Å². The molecule has 3 N–H and O–H groups in total. The Kier molecular flexibility index (Phi) is 2.85. The van der Waals surface area contributed by atoms with Gasteiger partial charge in [-0.2, -0.15) is 5.10 Å². The Morgan fingerprint density at radius 1 is 1.83 bits per heavy atom. The van der Waals surface area contributed by atoms with Crippen molar-refractivity contribution in [3.05, 3.63) is 18.0 Å². The molecule has 1 aromatic heterocycles. The van der Waals surface area contributed by atoms with E-state index in [1.54, 1.807) is 6.20 Å². The Bertz CT molecular complexity index is 250. The minimum atomic E-state index is 0.101. The molecule has 0 aliphatic rings. The number of hydrogen-bond donors (Lipinski definition) is 2. The topological polar surface area (TPSA) is 67.1 Å². The number of hydrogen-bond acceptors (Lipinski definition) is 2. The van der Waals surface area contributed by atoms with Crippen LogP contribution in [0.15, 0.2) is 17.4 Å². The van der Waals surface area contributed by atoms with Crippen molar-refractivity contribution < 1.29 is 0 Å². The first-order chi connectivity index (χ1) is 5.74. The van der Waals surface area contributed by atoms with Gasteiger partial charge in [0.25, 0.3) is 0 Å². The summed E-state index contributed by atoms with van der Waals surface area (Å²) in [5, 5.41) is 6.58. The van der Waals surface area contributed by atoms with E-state index in [-0.39, 0.29) is 6.04 Å². The van der Waals surface area contributed by atoms with Gasteiger partial charge in [-0.1, -0.05) is 6.92 Å². The summed E-state index contributed by atoms with van der Waals surface area (Å²) in [5.41, 5.74) is 6.66. The van der Waals surface area contributed by atoms with E-state index in [9.17, 15) is 0 Å². The molecule has 1 aromatic rings. The molecule has 4 heteroatoms. The maximum absolute atomic E-state index is 5.60. The third kappa shape index (κ3) is 2.08. The Balaban J connectivity index is 2.66. The zero-order valence-corrected chi connectivity index (χ0v) is 7.41. The van der Waals surface area contributed by atoms with Crippen molar-refractivity contribution in [2.45, 2.75) is 26.3 Å². The van der Waals surface area contributed by atoms with Crippen molar-refractivity contribution in [2.24, 2.45) is 10.7 Å². The zero-order chi connectivity index (χ0) is 8.97. The normalized spacial score (nSPS) is 14.7. The molecule has 66 valence electrons. The monoisotopic (exact) mass is 166 g/mol. The summed E-state index contributed by atoms with van der Waals surface area (Å²) < 4.78 is 0. The number of H-pyrrole nitrogens is 1. The van der Waals surface area contributed by atoms with E-state index in [0.29, 0.717) is 5.84 Å². The maximum Gasteiger partial charge on any atom is 0.0941 e. The fourth-order valence-electron chi connectivity index (χ4n) is 0.904. The standard InChI is InChI=1S/C8H14N4/c1-3-8(9)12-6(2)7-4-10-11-5-7/h4-6H,3H2,1-2H3,(H2,9,12)(H,10,11). The van der Waals surface area contributed by atoms with Gasteiger partial charge in [-0.05, 0) is 6.92 Å². The predicted molar refractivity (Wildman–Crippen MR) is 48.9 cm³/mol. The number of nitrogens with zero attached hydrogens (tertiary/aromatic N) is 2. The van der Waals surface area contributed by atoms with Crippen molar-refractivity contribution >= 4 is 5.84 Å². The number of amidine groups is 1. The van der Waals surface area contributed by atoms with Gasteiger partial charge in [0.1, 0.15) is 0 Å². The third-order valence-corrected chi connectivity index (χ3v) is 1.72. The van der Waals surface area contributed by atoms with Gasteiger partial charge in [0.15, 0.2) is 0 Å². The molecule has 0 radical (unpaired) electrons. The highest BCUT2D eigenvalue weighted by Gasteiger charge is 2.03. The highest BCUT2D eigenvalue weighted by Crippen LogP contribution is 2.13. The van der Waals surface area contributed by atoms with E-state index < -0.39 is 0 Å². The van der Waals surface area contributed by atoms with Gasteiger partial charge in [0.05, 0.1) is 18.1 Å². The number of nitrogens with two attached hydrogens (primary N) is 1. The summed E-state index contributed by atoms with van der Waals surface area (Å²) in [4.78, 5) is 4.27. The van der Waals surface area contributed by atoms with Crippen molar-refractivity contribution in [1.29, 1.82) is 0 Å². The minimum absolute atomic E-state index is 0.101. The molecular formula is C8H14N4. The molecule has 0 aromatic carbocycles. The van der Waals surface area contributed by atoms with Crippen LogP contribution in [0.3, 0.4) is 0 Å². The summed E-state index contributed by atoms with van der Waals surface area (Å²) >= 11 is 0. The van der Waals surface area contributed by atoms with Crippen LogP contribution in [0.1, 0.15) is 31.9 Å². The molecule has 1 rings (SSSR count). The number of nitrogens with one attached hydrogen (secondary N) is 1. The second kappa shape index (κ2) is 3.90. The van der Waals surface area contributed by atoms with E-state index in [0.717, 1.165) is 12.0 Å². The van der Waals surface area contributed by atoms with E-state index in [1.165, 1.54) is 0 Å². The fourth-order valence-corrected chi connectivity index (χ4v) is 0.904. The quantitative estimate of drug-likeness (QED) is 0.524. The highest BCUT2D eigenvalue weighted by molar-refractivity contribution is 5.80. The summed E-state index contributed by atoms with van der Waals surface area (Å²) in [5.74, 6) is 0.684. The first kappa shape index (κ1) is 8.77. The average Bonchev–Trinajstić information content (AvgIpc) is 2.56. The molecule has 1 unspecified atom stereocenters. The predicted octanol–water partition coefficient (Wildman–Crippen LogP) is 1.24. The van der Waals surface area contributed by atoms with Gasteiger partial charge >= 0.3 is 0 Å². The summed E-state index contributed by atoms with van der Waals surface area (Å²) in [6.07, 6.45) is 4.39. The van der Waals surface area contributed by atoms with Gasteiger partial charge in [-0.25, -0.2) is 0 Å². The molecule has 0 bridgehead atoms. The van der Waals surface area contributed by atoms with Crippen LogP contribution < -0.4 is 5.73 Å². The molecular weight excluding hydrogens is 152 g/mol. The molecule has 12 heavy (non-hydrogen) atoms. The lowest BCUT2D eigenvalue weighted by Gasteiger charge is -2.03. The van der Waals surface area contributed by atoms with E-state index >= 15 is 0 Å². The number of aliphatic imine (C=N–C) groups is 1. The maximum atomic E-state index is 5.60. The van der Waals surface area contributed by atoms with Crippen LogP contribution in [0.25, 0.3) is 0 Å². The lowest BCUT2D eigenvalue weighted by Crippen LogP contribution is -2.10. The Labute approximate surface area is 71.9 Å². The van der Waals surface area contributed by atoms with Gasteiger partial charge < -0.3 is 5.73 Å². The molecule has 0 amide bonds. The molecule has 0 saturated carbocycles. The van der Waals surface area contributed by atoms with Crippen LogP contribution >= 0.6 is 0 Å². The van der Waals surface area contributed by atoms with Gasteiger partial charge in [-0.15, -0.1) is 0 Å². The van der Waals surface area contributed by atoms with Gasteiger partial charge in [-0.3, -0.25) is 10.1 Å². The van der Waals surface area contributed by atoms with Crippen LogP contribution in [0.2, 0.25) is 0 Å². The lowest BCUT2D eigenvalue weighted by molar-refractivity contribution is 0.813. The molecule has 4 nitrogen and oxygen atoms in total. The van der Waals surface area contributed by atoms with Crippen LogP contribution in [-0.2, 0) is 0 Å². The van der Waals surface area contributed by atoms with Crippen molar-refractivity contribution in [2.75, 3.05) is 0 Å². The summed E-state index contributed by atoms with van der Waals surface area (Å²) in [7, 11) is 0. The molecule has 0 aliphatic heterocycles. The largest absolute Gasteiger partial charge is 0.387 e. The van der Waals surface area contributed by atoms with Crippen molar-refractivity contribution in [3.8, 4) is 0 Å². The van der Waals surface area contributed by atoms with Crippen LogP contribution in [0.5, 0.6) is 0 Å². The first-order valence-electron chi connectivity index (χ1n) is 4.04. The average molecular weight is 166 g/mol. The van der Waals surface area contributed by atoms with Gasteiger partial charge in [0.2, 0.25) is 0 Å². The molecule has 0 spiro atoms. The van der Waals surface area contributed by atoms with Gasteiger partial charge in [0, 0.05) is 18.2 Å². The number of aromatic amines is 1. The van der Waals surface area contributed by atoms with Crippen LogP contribution in [-0.4, -0.2) is 16.0 Å². The second-order valence-corrected chi connectivity index (χ2v) is 2.68. The first-order valence-corrected chi connectivity index (χ1v) is 4.04. The Hall–Kier alpha value is -1.32. The molecule has 1 heterocycles. The summed E-state index contributed by atoms with van der Waals surface area (Å²) in [6, 6.07) is 0.101. The molecule has 0 aliphatic carbocycles. The zero-order valence-electron chi connectivity index (χ0n) is 7.41. The number of aromatic nitrogens is 2. The van der Waals surface area contributed by atoms with Crippen LogP contribution in [0, 0.1) is 0 Å². The SMILES string of the molecule is CCC(N)=NC(C)c1cn[nH]c1. The lowest BCUT2D eigenvalue weighted by atomic mass is 10.2. The molecule has 1 atom stereocenters. The Morgan fingerprint density at radius 2 is 2.58 bits per heavy atom. The Morgan fingerprint density at radius 3 is 3.08 bits per heavy atom. The number of rotatable bonds is 3. The summed E-state index contributed by atoms with van der Waals surface area (Å²) in [6.45, 7) is 3.98. The van der Waals surface area contributed by atoms with E-state index in [1.807, 2.05) is 20.0 Å². The highest BCUT2D eigenvalue weighted by atomic mass is 15.1. The third-order valence-electron chi connectivity index (χ3n) is 1.72. The smallest absolute Gasteiger partial charge is 0.0941 e.